The molecule has 2 rings (SSSR count). The van der Waals surface area contributed by atoms with Gasteiger partial charge in [0.2, 0.25) is 0 Å². The fourth-order valence-electron chi connectivity index (χ4n) is 2.71. The molecule has 3 nitrogen and oxygen atoms in total. The Kier molecular flexibility index (Phi) is 5.07. The standard InChI is InChI=1S/C13H25NO2/c1-2-14-13(10-16-12-8-15-9-12)11-6-4-3-5-7-11/h11-14H,2-10H2,1H3. The van der Waals surface area contributed by atoms with Crippen molar-refractivity contribution in [2.24, 2.45) is 5.92 Å². The Morgan fingerprint density at radius 1 is 1.25 bits per heavy atom. The lowest BCUT2D eigenvalue weighted by Gasteiger charge is -2.33. The summed E-state index contributed by atoms with van der Waals surface area (Å²) in [5.41, 5.74) is 0. The molecule has 1 heterocycles. The van der Waals surface area contributed by atoms with Gasteiger partial charge in [0, 0.05) is 6.04 Å². The van der Waals surface area contributed by atoms with Crippen LogP contribution < -0.4 is 5.32 Å². The van der Waals surface area contributed by atoms with Crippen molar-refractivity contribution in [2.75, 3.05) is 26.4 Å². The van der Waals surface area contributed by atoms with Crippen LogP contribution in [0.3, 0.4) is 0 Å². The molecule has 1 aliphatic carbocycles. The molecule has 0 radical (unpaired) electrons. The summed E-state index contributed by atoms with van der Waals surface area (Å²) in [6, 6.07) is 0.561. The van der Waals surface area contributed by atoms with Crippen LogP contribution in [0.5, 0.6) is 0 Å². The predicted molar refractivity (Wildman–Crippen MR) is 64.6 cm³/mol. The number of hydrogen-bond donors (Lipinski definition) is 1. The van der Waals surface area contributed by atoms with Crippen LogP contribution in [0.1, 0.15) is 39.0 Å². The molecule has 94 valence electrons. The van der Waals surface area contributed by atoms with Crippen molar-refractivity contribution in [3.05, 3.63) is 0 Å². The van der Waals surface area contributed by atoms with Gasteiger partial charge in [-0.25, -0.2) is 0 Å². The third kappa shape index (κ3) is 3.44. The van der Waals surface area contributed by atoms with Gasteiger partial charge in [-0.2, -0.15) is 0 Å². The number of likely N-dealkylation sites (N-methyl/N-ethyl adjacent to an activating group) is 1. The summed E-state index contributed by atoms with van der Waals surface area (Å²) < 4.78 is 11.0. The highest BCUT2D eigenvalue weighted by atomic mass is 16.6. The molecule has 1 saturated carbocycles. The molecular weight excluding hydrogens is 202 g/mol. The Hall–Kier alpha value is -0.120. The second-order valence-corrected chi connectivity index (χ2v) is 5.06. The Labute approximate surface area is 98.9 Å². The smallest absolute Gasteiger partial charge is 0.104 e. The van der Waals surface area contributed by atoms with E-state index in [4.69, 9.17) is 9.47 Å². The van der Waals surface area contributed by atoms with E-state index in [1.807, 2.05) is 0 Å². The molecular formula is C13H25NO2. The minimum atomic E-state index is 0.366. The van der Waals surface area contributed by atoms with E-state index in [0.717, 1.165) is 32.3 Å². The highest BCUT2D eigenvalue weighted by Gasteiger charge is 2.26. The third-order valence-corrected chi connectivity index (χ3v) is 3.80. The Morgan fingerprint density at radius 3 is 2.56 bits per heavy atom. The molecule has 0 aromatic carbocycles. The normalized spacial score (nSPS) is 25.3. The van der Waals surface area contributed by atoms with Crippen LogP contribution in [0.25, 0.3) is 0 Å². The van der Waals surface area contributed by atoms with E-state index in [0.29, 0.717) is 12.1 Å². The number of nitrogens with one attached hydrogen (secondary N) is 1. The van der Waals surface area contributed by atoms with Gasteiger partial charge in [-0.05, 0) is 25.3 Å². The van der Waals surface area contributed by atoms with Crippen molar-refractivity contribution < 1.29 is 9.47 Å². The van der Waals surface area contributed by atoms with Crippen molar-refractivity contribution in [1.82, 2.24) is 5.32 Å². The van der Waals surface area contributed by atoms with Crippen LogP contribution >= 0.6 is 0 Å². The van der Waals surface area contributed by atoms with Gasteiger partial charge in [0.05, 0.1) is 19.8 Å². The Balaban J connectivity index is 1.72. The SMILES string of the molecule is CCNC(COC1COC1)C1CCCCC1. The van der Waals surface area contributed by atoms with Gasteiger partial charge >= 0.3 is 0 Å². The predicted octanol–water partition coefficient (Wildman–Crippen LogP) is 1.96. The monoisotopic (exact) mass is 227 g/mol. The summed E-state index contributed by atoms with van der Waals surface area (Å²) >= 11 is 0. The number of rotatable bonds is 6. The highest BCUT2D eigenvalue weighted by Crippen LogP contribution is 2.27. The Bertz CT molecular complexity index is 188. The molecule has 1 atom stereocenters. The topological polar surface area (TPSA) is 30.5 Å². The van der Waals surface area contributed by atoms with Gasteiger partial charge in [-0.1, -0.05) is 26.2 Å². The van der Waals surface area contributed by atoms with E-state index in [-0.39, 0.29) is 0 Å². The van der Waals surface area contributed by atoms with Crippen LogP contribution in [0.15, 0.2) is 0 Å². The van der Waals surface area contributed by atoms with Crippen molar-refractivity contribution in [3.8, 4) is 0 Å². The maximum atomic E-state index is 5.86. The zero-order valence-electron chi connectivity index (χ0n) is 10.4. The van der Waals surface area contributed by atoms with Gasteiger partial charge in [0.25, 0.3) is 0 Å². The average Bonchev–Trinajstić information content (AvgIpc) is 2.27. The van der Waals surface area contributed by atoms with Gasteiger partial charge in [0.15, 0.2) is 0 Å². The van der Waals surface area contributed by atoms with Crippen LogP contribution in [-0.2, 0) is 9.47 Å². The van der Waals surface area contributed by atoms with E-state index in [9.17, 15) is 0 Å². The lowest BCUT2D eigenvalue weighted by Crippen LogP contribution is -2.45. The van der Waals surface area contributed by atoms with E-state index >= 15 is 0 Å². The minimum Gasteiger partial charge on any atom is -0.376 e. The highest BCUT2D eigenvalue weighted by molar-refractivity contribution is 4.80. The first kappa shape index (κ1) is 12.3. The number of hydrogen-bond acceptors (Lipinski definition) is 3. The van der Waals surface area contributed by atoms with E-state index in [1.54, 1.807) is 0 Å². The molecule has 0 aromatic heterocycles. The molecule has 1 saturated heterocycles. The molecule has 1 N–H and O–H groups in total. The number of ether oxygens (including phenoxy) is 2. The minimum absolute atomic E-state index is 0.366. The molecule has 0 amide bonds. The molecule has 3 heteroatoms. The van der Waals surface area contributed by atoms with E-state index < -0.39 is 0 Å². The fraction of sp³-hybridized carbons (Fsp3) is 1.00. The molecule has 1 unspecified atom stereocenters. The lowest BCUT2D eigenvalue weighted by molar-refractivity contribution is -0.135. The van der Waals surface area contributed by atoms with Gasteiger partial charge in [-0.15, -0.1) is 0 Å². The van der Waals surface area contributed by atoms with Crippen LogP contribution in [0.2, 0.25) is 0 Å². The first-order chi connectivity index (χ1) is 7.90. The second kappa shape index (κ2) is 6.58. The molecule has 0 aromatic rings. The average molecular weight is 227 g/mol. The largest absolute Gasteiger partial charge is 0.376 e. The van der Waals surface area contributed by atoms with Crippen LogP contribution in [-0.4, -0.2) is 38.5 Å². The summed E-state index contributed by atoms with van der Waals surface area (Å²) in [6.07, 6.45) is 7.35. The van der Waals surface area contributed by atoms with Crippen molar-refractivity contribution >= 4 is 0 Å². The van der Waals surface area contributed by atoms with Gasteiger partial charge in [0.1, 0.15) is 6.10 Å². The molecule has 0 spiro atoms. The first-order valence-corrected chi connectivity index (χ1v) is 6.83. The van der Waals surface area contributed by atoms with E-state index in [2.05, 4.69) is 12.2 Å². The van der Waals surface area contributed by atoms with Gasteiger partial charge in [-0.3, -0.25) is 0 Å². The molecule has 2 aliphatic rings. The maximum absolute atomic E-state index is 5.86. The zero-order chi connectivity index (χ0) is 11.2. The summed E-state index contributed by atoms with van der Waals surface area (Å²) in [5, 5.41) is 3.59. The van der Waals surface area contributed by atoms with Crippen molar-refractivity contribution in [1.29, 1.82) is 0 Å². The van der Waals surface area contributed by atoms with Crippen molar-refractivity contribution in [3.63, 3.8) is 0 Å². The summed E-state index contributed by atoms with van der Waals surface area (Å²) in [7, 11) is 0. The second-order valence-electron chi connectivity index (χ2n) is 5.06. The van der Waals surface area contributed by atoms with Crippen molar-refractivity contribution in [2.45, 2.75) is 51.2 Å². The fourth-order valence-corrected chi connectivity index (χ4v) is 2.71. The Morgan fingerprint density at radius 2 is 2.00 bits per heavy atom. The van der Waals surface area contributed by atoms with Crippen LogP contribution in [0, 0.1) is 5.92 Å². The summed E-state index contributed by atoms with van der Waals surface area (Å²) in [4.78, 5) is 0. The maximum Gasteiger partial charge on any atom is 0.104 e. The molecule has 2 fully saturated rings. The zero-order valence-corrected chi connectivity index (χ0v) is 10.4. The third-order valence-electron chi connectivity index (χ3n) is 3.80. The first-order valence-electron chi connectivity index (χ1n) is 6.83. The van der Waals surface area contributed by atoms with Gasteiger partial charge < -0.3 is 14.8 Å². The molecule has 0 bridgehead atoms. The van der Waals surface area contributed by atoms with Crippen LogP contribution in [0.4, 0.5) is 0 Å². The molecule has 1 aliphatic heterocycles. The van der Waals surface area contributed by atoms with E-state index in [1.165, 1.54) is 32.1 Å². The quantitative estimate of drug-likeness (QED) is 0.752. The summed E-state index contributed by atoms with van der Waals surface area (Å²) in [5.74, 6) is 0.828. The summed E-state index contributed by atoms with van der Waals surface area (Å²) in [6.45, 7) is 5.69. The molecule has 16 heavy (non-hydrogen) atoms. The lowest BCUT2D eigenvalue weighted by atomic mass is 9.84.